The van der Waals surface area contributed by atoms with E-state index in [2.05, 4.69) is 296 Å². The zero-order valence-electron chi connectivity index (χ0n) is 45.5. The number of nitrogens with zero attached hydrogens (tertiary/aromatic N) is 2. The number of anilines is 6. The molecule has 0 atom stereocenters. The molecule has 2 aliphatic carbocycles. The van der Waals surface area contributed by atoms with Gasteiger partial charge in [0.25, 0.3) is 0 Å². The van der Waals surface area contributed by atoms with E-state index in [9.17, 15) is 0 Å². The molecule has 13 rings (SSSR count). The van der Waals surface area contributed by atoms with Gasteiger partial charge in [-0.05, 0) is 201 Å². The maximum atomic E-state index is 4.73. The molecule has 77 heavy (non-hydrogen) atoms. The summed E-state index contributed by atoms with van der Waals surface area (Å²) in [7, 11) is 0. The van der Waals surface area contributed by atoms with Crippen molar-refractivity contribution in [3.05, 3.63) is 270 Å². The molecule has 0 fully saturated rings. The highest BCUT2D eigenvalue weighted by Gasteiger charge is 2.36. The Labute approximate surface area is 455 Å². The van der Waals surface area contributed by atoms with Gasteiger partial charge in [0.2, 0.25) is 0 Å². The number of rotatable bonds is 8. The quantitative estimate of drug-likeness (QED) is 0.140. The highest BCUT2D eigenvalue weighted by Crippen LogP contribution is 2.54. The molecular weight excluding hydrogens is 929 g/mol. The first-order valence-electron chi connectivity index (χ1n) is 27.3. The van der Waals surface area contributed by atoms with Crippen molar-refractivity contribution < 1.29 is 0 Å². The molecule has 11 aromatic rings. The predicted octanol–water partition coefficient (Wildman–Crippen LogP) is 21.2. The molecule has 2 aliphatic rings. The summed E-state index contributed by atoms with van der Waals surface area (Å²) in [6, 6.07) is 86.5. The molecule has 0 aliphatic heterocycles. The molecule has 0 radical (unpaired) electrons. The van der Waals surface area contributed by atoms with Crippen LogP contribution in [-0.2, 0) is 16.2 Å². The molecule has 0 heterocycles. The molecule has 0 spiro atoms. The molecule has 0 unspecified atom stereocenters. The van der Waals surface area contributed by atoms with E-state index in [1.807, 2.05) is 0 Å². The van der Waals surface area contributed by atoms with Gasteiger partial charge in [-0.25, -0.2) is 0 Å². The molecule has 0 bridgehead atoms. The normalized spacial score (nSPS) is 13.3. The van der Waals surface area contributed by atoms with E-state index < -0.39 is 0 Å². The monoisotopic (exact) mass is 993 g/mol. The van der Waals surface area contributed by atoms with Crippen LogP contribution in [0.15, 0.2) is 237 Å². The summed E-state index contributed by atoms with van der Waals surface area (Å²) in [4.78, 5) is 4.84. The fraction of sp³-hybridized carbons (Fsp3) is 0.147. The van der Waals surface area contributed by atoms with E-state index in [4.69, 9.17) is 6.58 Å². The van der Waals surface area contributed by atoms with Crippen LogP contribution >= 0.6 is 0 Å². The molecule has 0 N–H and O–H groups in total. The topological polar surface area (TPSA) is 6.48 Å². The first-order chi connectivity index (χ1) is 37.1. The van der Waals surface area contributed by atoms with Crippen molar-refractivity contribution in [1.29, 1.82) is 0 Å². The van der Waals surface area contributed by atoms with Crippen molar-refractivity contribution in [1.82, 2.24) is 0 Å². The molecule has 11 aromatic carbocycles. The fourth-order valence-electron chi connectivity index (χ4n) is 12.5. The average Bonchev–Trinajstić information content (AvgIpc) is 4.04. The third-order valence-corrected chi connectivity index (χ3v) is 16.7. The van der Waals surface area contributed by atoms with Gasteiger partial charge in [-0.2, -0.15) is 0 Å². The summed E-state index contributed by atoms with van der Waals surface area (Å²) in [5.41, 5.74) is 25.2. The Bertz CT molecular complexity index is 4130. The van der Waals surface area contributed by atoms with Crippen LogP contribution in [0.1, 0.15) is 88.8 Å². The minimum atomic E-state index is -0.182. The summed E-state index contributed by atoms with van der Waals surface area (Å²) in [5.74, 6) is 0. The first kappa shape index (κ1) is 48.0. The second-order valence-corrected chi connectivity index (χ2v) is 23.9. The third kappa shape index (κ3) is 8.00. The van der Waals surface area contributed by atoms with Gasteiger partial charge >= 0.3 is 0 Å². The van der Waals surface area contributed by atoms with Gasteiger partial charge < -0.3 is 9.80 Å². The molecule has 0 saturated carbocycles. The molecule has 2 heteroatoms. The standard InChI is InChI=1S/C75H64N2/c1-48-59-24-16-17-25-60(59)61-40-28-49(44-66(48)61)71-64-42-38-58(77(54-22-14-11-15-23-54)56-36-32-52(33-37-56)74(5,6)7)47-68(64)72(50-29-41-63-62-26-18-19-27-69(62)75(8,9)70(63)45-50)65-43-39-57(46-67(65)71)76(53-20-12-10-13-21-53)55-34-30-51(31-35-55)73(2,3)4/h10-47H,1H2,2-9H3. The summed E-state index contributed by atoms with van der Waals surface area (Å²) in [5, 5.41) is 4.76. The van der Waals surface area contributed by atoms with Crippen molar-refractivity contribution >= 4 is 61.2 Å². The summed E-state index contributed by atoms with van der Waals surface area (Å²) < 4.78 is 0. The summed E-state index contributed by atoms with van der Waals surface area (Å²) in [6.45, 7) is 23.2. The van der Waals surface area contributed by atoms with Gasteiger partial charge in [0.15, 0.2) is 0 Å². The van der Waals surface area contributed by atoms with Crippen molar-refractivity contribution in [2.75, 3.05) is 9.80 Å². The number of fused-ring (bicyclic) bond motifs is 8. The lowest BCUT2D eigenvalue weighted by molar-refractivity contribution is 0.590. The van der Waals surface area contributed by atoms with Crippen LogP contribution in [-0.4, -0.2) is 0 Å². The number of para-hydroxylation sites is 2. The second-order valence-electron chi connectivity index (χ2n) is 23.9. The lowest BCUT2D eigenvalue weighted by Crippen LogP contribution is -2.15. The molecular formula is C75H64N2. The lowest BCUT2D eigenvalue weighted by atomic mass is 9.80. The first-order valence-corrected chi connectivity index (χ1v) is 27.3. The Morgan fingerprint density at radius 1 is 0.312 bits per heavy atom. The maximum Gasteiger partial charge on any atom is 0.0468 e. The minimum Gasteiger partial charge on any atom is -0.310 e. The van der Waals surface area contributed by atoms with Crippen LogP contribution in [0.4, 0.5) is 34.1 Å². The van der Waals surface area contributed by atoms with Gasteiger partial charge in [-0.1, -0.05) is 208 Å². The Morgan fingerprint density at radius 3 is 1.21 bits per heavy atom. The highest BCUT2D eigenvalue weighted by atomic mass is 15.1. The largest absolute Gasteiger partial charge is 0.310 e. The molecule has 0 amide bonds. The summed E-state index contributed by atoms with van der Waals surface area (Å²) >= 11 is 0. The van der Waals surface area contributed by atoms with Crippen LogP contribution in [0.3, 0.4) is 0 Å². The number of hydrogen-bond acceptors (Lipinski definition) is 2. The Kier molecular flexibility index (Phi) is 11.2. The Morgan fingerprint density at radius 2 is 0.701 bits per heavy atom. The zero-order valence-corrected chi connectivity index (χ0v) is 45.5. The van der Waals surface area contributed by atoms with E-state index in [-0.39, 0.29) is 16.2 Å². The average molecular weight is 993 g/mol. The van der Waals surface area contributed by atoms with Crippen LogP contribution in [0.2, 0.25) is 0 Å². The van der Waals surface area contributed by atoms with Crippen molar-refractivity contribution in [2.24, 2.45) is 0 Å². The summed E-state index contributed by atoms with van der Waals surface area (Å²) in [6.07, 6.45) is 0. The fourth-order valence-corrected chi connectivity index (χ4v) is 12.5. The van der Waals surface area contributed by atoms with Crippen LogP contribution in [0, 0.1) is 0 Å². The smallest absolute Gasteiger partial charge is 0.0468 e. The van der Waals surface area contributed by atoms with E-state index in [1.54, 1.807) is 0 Å². The van der Waals surface area contributed by atoms with E-state index in [0.29, 0.717) is 0 Å². The Balaban J connectivity index is 1.13. The van der Waals surface area contributed by atoms with Gasteiger partial charge in [-0.15, -0.1) is 0 Å². The van der Waals surface area contributed by atoms with Gasteiger partial charge in [0.05, 0.1) is 0 Å². The predicted molar refractivity (Wildman–Crippen MR) is 330 cm³/mol. The third-order valence-electron chi connectivity index (χ3n) is 16.7. The highest BCUT2D eigenvalue weighted by molar-refractivity contribution is 6.23. The number of benzene rings is 11. The van der Waals surface area contributed by atoms with Crippen LogP contribution in [0.25, 0.3) is 71.6 Å². The molecule has 2 nitrogen and oxygen atoms in total. The van der Waals surface area contributed by atoms with Crippen LogP contribution < -0.4 is 9.80 Å². The Hall–Kier alpha value is -8.72. The lowest BCUT2D eigenvalue weighted by Gasteiger charge is -2.29. The SMILES string of the molecule is C=C1c2ccccc2-c2ccc(-c3c4ccc(N(c5ccccc5)c5ccc(C(C)(C)C)cc5)cc4c(-c4ccc5c(c4)C(C)(C)c4ccccc4-5)c4ccc(N(c5ccccc5)c5ccc(C(C)(C)C)cc5)cc34)cc21. The van der Waals surface area contributed by atoms with E-state index in [1.165, 1.54) is 93.9 Å². The number of hydrogen-bond donors (Lipinski definition) is 0. The van der Waals surface area contributed by atoms with Gasteiger partial charge in [-0.3, -0.25) is 0 Å². The second kappa shape index (κ2) is 18.0. The van der Waals surface area contributed by atoms with E-state index in [0.717, 1.165) is 45.3 Å². The van der Waals surface area contributed by atoms with E-state index >= 15 is 0 Å². The maximum absolute atomic E-state index is 4.73. The van der Waals surface area contributed by atoms with Crippen molar-refractivity contribution in [2.45, 2.75) is 71.6 Å². The van der Waals surface area contributed by atoms with Crippen LogP contribution in [0.5, 0.6) is 0 Å². The van der Waals surface area contributed by atoms with Gasteiger partial charge in [0.1, 0.15) is 0 Å². The molecule has 374 valence electrons. The van der Waals surface area contributed by atoms with Crippen molar-refractivity contribution in [3.63, 3.8) is 0 Å². The van der Waals surface area contributed by atoms with Crippen molar-refractivity contribution in [3.8, 4) is 44.5 Å². The molecule has 0 saturated heterocycles. The van der Waals surface area contributed by atoms with Gasteiger partial charge in [0, 0.05) is 39.5 Å². The minimum absolute atomic E-state index is 0.0262. The molecule has 0 aromatic heterocycles. The zero-order chi connectivity index (χ0) is 53.0.